The average molecular weight is 278 g/mol. The fourth-order valence-electron chi connectivity index (χ4n) is 1.31. The second kappa shape index (κ2) is 6.45. The fraction of sp³-hybridized carbons (Fsp3) is 0.455. The van der Waals surface area contributed by atoms with Crippen LogP contribution < -0.4 is 5.32 Å². The number of anilines is 1. The largest absolute Gasteiger partial charge is 0.389 e. The van der Waals surface area contributed by atoms with Gasteiger partial charge in [-0.1, -0.05) is 11.6 Å². The number of nitriles is 1. The molecule has 1 rings (SSSR count). The summed E-state index contributed by atoms with van der Waals surface area (Å²) in [5, 5.41) is 11.7. The monoisotopic (exact) mass is 277 g/mol. The van der Waals surface area contributed by atoms with E-state index in [1.807, 2.05) is 6.07 Å². The maximum Gasteiger partial charge on any atom is 0.389 e. The lowest BCUT2D eigenvalue weighted by Gasteiger charge is -2.08. The fourth-order valence-corrected chi connectivity index (χ4v) is 1.53. The van der Waals surface area contributed by atoms with Crippen molar-refractivity contribution in [2.75, 3.05) is 11.9 Å². The highest BCUT2D eigenvalue weighted by Crippen LogP contribution is 2.24. The summed E-state index contributed by atoms with van der Waals surface area (Å²) in [6, 6.07) is 3.37. The molecule has 0 aliphatic heterocycles. The van der Waals surface area contributed by atoms with Crippen LogP contribution in [0.3, 0.4) is 0 Å². The maximum absolute atomic E-state index is 11.9. The summed E-state index contributed by atoms with van der Waals surface area (Å²) in [5.74, 6) is 0.322. The van der Waals surface area contributed by atoms with E-state index in [2.05, 4.69) is 10.3 Å². The highest BCUT2D eigenvalue weighted by Gasteiger charge is 2.25. The molecule has 0 amide bonds. The van der Waals surface area contributed by atoms with Crippen LogP contribution in [0.4, 0.5) is 19.0 Å². The SMILES string of the molecule is N#Cc1ccnc(NCCCCC(F)(F)F)c1Cl. The van der Waals surface area contributed by atoms with Crippen molar-refractivity contribution in [1.82, 2.24) is 4.98 Å². The number of unbranched alkanes of at least 4 members (excludes halogenated alkanes) is 1. The van der Waals surface area contributed by atoms with Crippen LogP contribution in [-0.4, -0.2) is 17.7 Å². The van der Waals surface area contributed by atoms with Crippen LogP contribution in [0.15, 0.2) is 12.3 Å². The first-order valence-electron chi connectivity index (χ1n) is 5.29. The van der Waals surface area contributed by atoms with E-state index in [0.717, 1.165) is 0 Å². The lowest BCUT2D eigenvalue weighted by Crippen LogP contribution is -2.09. The van der Waals surface area contributed by atoms with Gasteiger partial charge in [0.2, 0.25) is 0 Å². The lowest BCUT2D eigenvalue weighted by molar-refractivity contribution is -0.135. The molecular weight excluding hydrogens is 267 g/mol. The third-order valence-electron chi connectivity index (χ3n) is 2.19. The normalized spacial score (nSPS) is 11.1. The van der Waals surface area contributed by atoms with Gasteiger partial charge in [0.05, 0.1) is 5.56 Å². The molecule has 0 aliphatic rings. The number of pyridine rings is 1. The van der Waals surface area contributed by atoms with Crippen LogP contribution >= 0.6 is 11.6 Å². The van der Waals surface area contributed by atoms with Crippen molar-refractivity contribution in [3.8, 4) is 6.07 Å². The van der Waals surface area contributed by atoms with E-state index in [-0.39, 0.29) is 17.0 Å². The molecule has 0 radical (unpaired) electrons. The molecule has 0 aliphatic carbocycles. The van der Waals surface area contributed by atoms with Gasteiger partial charge in [-0.3, -0.25) is 0 Å². The van der Waals surface area contributed by atoms with Gasteiger partial charge in [-0.05, 0) is 18.9 Å². The maximum atomic E-state index is 11.9. The smallest absolute Gasteiger partial charge is 0.369 e. The standard InChI is InChI=1S/C11H11ClF3N3/c12-9-8(7-16)3-6-18-10(9)17-5-2-1-4-11(13,14)15/h3,6H,1-2,4-5H2,(H,17,18). The quantitative estimate of drug-likeness (QED) is 0.834. The van der Waals surface area contributed by atoms with Gasteiger partial charge < -0.3 is 5.32 Å². The number of alkyl halides is 3. The van der Waals surface area contributed by atoms with Crippen molar-refractivity contribution < 1.29 is 13.2 Å². The summed E-state index contributed by atoms with van der Waals surface area (Å²) in [7, 11) is 0. The molecule has 1 N–H and O–H groups in total. The van der Waals surface area contributed by atoms with Crippen molar-refractivity contribution in [2.45, 2.75) is 25.4 Å². The van der Waals surface area contributed by atoms with Crippen LogP contribution in [0.25, 0.3) is 0 Å². The first kappa shape index (κ1) is 14.6. The second-order valence-electron chi connectivity index (χ2n) is 3.63. The summed E-state index contributed by atoms with van der Waals surface area (Å²) in [5.41, 5.74) is 0.282. The molecule has 1 heterocycles. The Morgan fingerprint density at radius 2 is 2.11 bits per heavy atom. The van der Waals surface area contributed by atoms with Gasteiger partial charge in [0.25, 0.3) is 0 Å². The molecule has 7 heteroatoms. The molecule has 3 nitrogen and oxygen atoms in total. The Hall–Kier alpha value is -1.48. The number of nitrogens with zero attached hydrogens (tertiary/aromatic N) is 2. The van der Waals surface area contributed by atoms with Gasteiger partial charge in [-0.15, -0.1) is 0 Å². The van der Waals surface area contributed by atoms with E-state index in [4.69, 9.17) is 16.9 Å². The molecular formula is C11H11ClF3N3. The average Bonchev–Trinajstić information content (AvgIpc) is 2.29. The van der Waals surface area contributed by atoms with E-state index >= 15 is 0 Å². The molecule has 0 fully saturated rings. The van der Waals surface area contributed by atoms with Crippen molar-refractivity contribution in [3.63, 3.8) is 0 Å². The third kappa shape index (κ3) is 4.80. The molecule has 18 heavy (non-hydrogen) atoms. The summed E-state index contributed by atoms with van der Waals surface area (Å²) in [4.78, 5) is 3.92. The Labute approximate surface area is 108 Å². The van der Waals surface area contributed by atoms with E-state index < -0.39 is 12.6 Å². The van der Waals surface area contributed by atoms with Gasteiger partial charge in [-0.2, -0.15) is 18.4 Å². The van der Waals surface area contributed by atoms with Crippen LogP contribution in [0, 0.1) is 11.3 Å². The molecule has 0 unspecified atom stereocenters. The molecule has 98 valence electrons. The van der Waals surface area contributed by atoms with Gasteiger partial charge in [0.15, 0.2) is 0 Å². The van der Waals surface area contributed by atoms with Crippen LogP contribution in [0.5, 0.6) is 0 Å². The van der Waals surface area contributed by atoms with Crippen LogP contribution in [-0.2, 0) is 0 Å². The molecule has 0 spiro atoms. The van der Waals surface area contributed by atoms with Gasteiger partial charge in [0, 0.05) is 19.2 Å². The van der Waals surface area contributed by atoms with Crippen molar-refractivity contribution >= 4 is 17.4 Å². The summed E-state index contributed by atoms with van der Waals surface area (Å²) < 4.78 is 35.6. The minimum Gasteiger partial charge on any atom is -0.369 e. The predicted molar refractivity (Wildman–Crippen MR) is 62.4 cm³/mol. The molecule has 0 atom stereocenters. The molecule has 1 aromatic heterocycles. The highest BCUT2D eigenvalue weighted by molar-refractivity contribution is 6.34. The number of halogens is 4. The third-order valence-corrected chi connectivity index (χ3v) is 2.57. The first-order chi connectivity index (χ1) is 8.44. The zero-order valence-electron chi connectivity index (χ0n) is 9.39. The molecule has 0 saturated carbocycles. The Morgan fingerprint density at radius 1 is 1.39 bits per heavy atom. The van der Waals surface area contributed by atoms with Gasteiger partial charge in [0.1, 0.15) is 16.9 Å². The Morgan fingerprint density at radius 3 is 2.72 bits per heavy atom. The Bertz CT molecular complexity index is 440. The van der Waals surface area contributed by atoms with Crippen molar-refractivity contribution in [2.24, 2.45) is 0 Å². The van der Waals surface area contributed by atoms with Gasteiger partial charge >= 0.3 is 6.18 Å². The number of nitrogens with one attached hydrogen (secondary N) is 1. The summed E-state index contributed by atoms with van der Waals surface area (Å²) >= 11 is 5.87. The summed E-state index contributed by atoms with van der Waals surface area (Å²) in [6.45, 7) is 0.331. The highest BCUT2D eigenvalue weighted by atomic mass is 35.5. The molecule has 0 bridgehead atoms. The summed E-state index contributed by atoms with van der Waals surface area (Å²) in [6.07, 6.45) is -3.09. The Kier molecular flexibility index (Phi) is 5.23. The van der Waals surface area contributed by atoms with E-state index in [0.29, 0.717) is 18.8 Å². The van der Waals surface area contributed by atoms with Crippen LogP contribution in [0.1, 0.15) is 24.8 Å². The number of aromatic nitrogens is 1. The molecule has 0 saturated heterocycles. The predicted octanol–water partition coefficient (Wildman–Crippen LogP) is 3.75. The number of hydrogen-bond donors (Lipinski definition) is 1. The van der Waals surface area contributed by atoms with E-state index in [9.17, 15) is 13.2 Å². The first-order valence-corrected chi connectivity index (χ1v) is 5.67. The minimum absolute atomic E-state index is 0.0477. The van der Waals surface area contributed by atoms with Crippen molar-refractivity contribution in [3.05, 3.63) is 22.8 Å². The van der Waals surface area contributed by atoms with E-state index in [1.54, 1.807) is 0 Å². The Balaban J connectivity index is 2.39. The van der Waals surface area contributed by atoms with Crippen LogP contribution in [0.2, 0.25) is 5.02 Å². The van der Waals surface area contributed by atoms with E-state index in [1.165, 1.54) is 12.3 Å². The zero-order valence-corrected chi connectivity index (χ0v) is 10.1. The lowest BCUT2D eigenvalue weighted by atomic mass is 10.2. The number of rotatable bonds is 5. The minimum atomic E-state index is -4.11. The topological polar surface area (TPSA) is 48.7 Å². The molecule has 1 aromatic rings. The molecule has 0 aromatic carbocycles. The van der Waals surface area contributed by atoms with Gasteiger partial charge in [-0.25, -0.2) is 4.98 Å². The second-order valence-corrected chi connectivity index (χ2v) is 4.01. The van der Waals surface area contributed by atoms with Crippen molar-refractivity contribution in [1.29, 1.82) is 5.26 Å². The number of hydrogen-bond acceptors (Lipinski definition) is 3. The zero-order chi connectivity index (χ0) is 13.6.